The molecule has 0 radical (unpaired) electrons. The number of hydrogen-bond acceptors (Lipinski definition) is 7. The number of aromatic nitrogens is 1. The lowest BCUT2D eigenvalue weighted by Crippen LogP contribution is -2.36. The molecule has 9 nitrogen and oxygen atoms in total. The molecule has 11 heteroatoms. The first-order chi connectivity index (χ1) is 19.8. The second-order valence-electron chi connectivity index (χ2n) is 9.63. The molecule has 1 aliphatic rings. The number of pyridine rings is 1. The largest absolute Gasteiger partial charge is 0.489 e. The minimum absolute atomic E-state index is 0.0514. The van der Waals surface area contributed by atoms with Crippen LogP contribution in [0.4, 0.5) is 14.9 Å². The number of urea groups is 1. The smallest absolute Gasteiger partial charge is 0.333 e. The third-order valence-electron chi connectivity index (χ3n) is 6.70. The molecule has 2 amide bonds. The molecule has 4 N–H and O–H groups in total. The van der Waals surface area contributed by atoms with Crippen LogP contribution in [0.1, 0.15) is 23.7 Å². The first-order valence-corrected chi connectivity index (χ1v) is 14.5. The Morgan fingerprint density at radius 2 is 1.88 bits per heavy atom. The van der Waals surface area contributed by atoms with Gasteiger partial charge in [-0.2, -0.15) is 0 Å². The predicted molar refractivity (Wildman–Crippen MR) is 152 cm³/mol. The number of hydrogen-bond donors (Lipinski definition) is 4. The average Bonchev–Trinajstić information content (AvgIpc) is 2.98. The van der Waals surface area contributed by atoms with E-state index in [9.17, 15) is 22.7 Å². The van der Waals surface area contributed by atoms with Crippen LogP contribution < -0.4 is 20.1 Å². The maximum absolute atomic E-state index is 13.8. The van der Waals surface area contributed by atoms with Crippen molar-refractivity contribution in [2.75, 3.05) is 18.4 Å². The lowest BCUT2D eigenvalue weighted by Gasteiger charge is -2.27. The van der Waals surface area contributed by atoms with Gasteiger partial charge in [0.15, 0.2) is 0 Å². The normalized spacial score (nSPS) is 15.3. The third kappa shape index (κ3) is 7.07. The van der Waals surface area contributed by atoms with Crippen molar-refractivity contribution < 1.29 is 27.4 Å². The Morgan fingerprint density at radius 1 is 1.05 bits per heavy atom. The quantitative estimate of drug-likeness (QED) is 0.232. The van der Waals surface area contributed by atoms with Gasteiger partial charge in [-0.3, -0.25) is 4.98 Å². The number of halogens is 1. The molecule has 3 aromatic carbocycles. The molecule has 0 bridgehead atoms. The van der Waals surface area contributed by atoms with E-state index in [0.29, 0.717) is 18.7 Å². The van der Waals surface area contributed by atoms with E-state index in [-0.39, 0.29) is 16.7 Å². The lowest BCUT2D eigenvalue weighted by atomic mass is 9.97. The summed E-state index contributed by atoms with van der Waals surface area (Å²) in [4.78, 5) is 16.2. The molecule has 0 fully saturated rings. The number of carbonyl (C=O) groups is 1. The second kappa shape index (κ2) is 12.5. The summed E-state index contributed by atoms with van der Waals surface area (Å²) in [5.41, 5.74) is 3.08. The van der Waals surface area contributed by atoms with Gasteiger partial charge in [0, 0.05) is 31.0 Å². The summed E-state index contributed by atoms with van der Waals surface area (Å²) in [6.45, 7) is 0.964. The van der Waals surface area contributed by atoms with E-state index in [1.807, 2.05) is 29.0 Å². The van der Waals surface area contributed by atoms with E-state index in [2.05, 4.69) is 15.6 Å². The van der Waals surface area contributed by atoms with Gasteiger partial charge >= 0.3 is 6.03 Å². The zero-order chi connectivity index (χ0) is 28.8. The van der Waals surface area contributed by atoms with E-state index in [0.717, 1.165) is 41.3 Å². The van der Waals surface area contributed by atoms with Crippen LogP contribution in [0.2, 0.25) is 0 Å². The zero-order valence-electron chi connectivity index (χ0n) is 22.0. The second-order valence-corrected chi connectivity index (χ2v) is 11.3. The maximum atomic E-state index is 13.8. The van der Waals surface area contributed by atoms with Gasteiger partial charge in [0.05, 0.1) is 16.7 Å². The minimum Gasteiger partial charge on any atom is -0.489 e. The van der Waals surface area contributed by atoms with Crippen LogP contribution in [0.15, 0.2) is 96.2 Å². The molecule has 1 aromatic heterocycles. The molecule has 0 saturated carbocycles. The third-order valence-corrected chi connectivity index (χ3v) is 8.02. The highest BCUT2D eigenvalue weighted by molar-refractivity contribution is 7.90. The van der Waals surface area contributed by atoms with Crippen molar-refractivity contribution in [1.29, 1.82) is 0 Å². The molecule has 41 heavy (non-hydrogen) atoms. The van der Waals surface area contributed by atoms with Crippen molar-refractivity contribution in [1.82, 2.24) is 15.0 Å². The van der Waals surface area contributed by atoms with E-state index in [1.54, 1.807) is 30.6 Å². The fourth-order valence-corrected chi connectivity index (χ4v) is 5.53. The molecule has 212 valence electrons. The number of rotatable bonds is 9. The van der Waals surface area contributed by atoms with Crippen LogP contribution in [0.5, 0.6) is 5.75 Å². The number of amides is 2. The standard InChI is InChI=1S/C30H29FN4O5S/c31-26-8-1-2-9-27(26)34-30(37)35-41(38,39)25-7-3-5-20(16-25)21-11-13-29-22(15-21)10-12-24(40-29)18-33-19-28(36)23-6-4-14-32-17-23/h1-9,11,13-17,24,28,33,36H,10,12,18-19H2,(H2,34,35,37). The number of benzene rings is 3. The van der Waals surface area contributed by atoms with Crippen molar-refractivity contribution in [2.45, 2.75) is 29.9 Å². The van der Waals surface area contributed by atoms with Crippen LogP contribution in [-0.4, -0.2) is 43.7 Å². The first-order valence-electron chi connectivity index (χ1n) is 13.1. The number of fused-ring (bicyclic) bond motifs is 1. The van der Waals surface area contributed by atoms with Gasteiger partial charge in [-0.15, -0.1) is 0 Å². The molecule has 0 saturated heterocycles. The van der Waals surface area contributed by atoms with Crippen molar-refractivity contribution in [2.24, 2.45) is 0 Å². The maximum Gasteiger partial charge on any atom is 0.333 e. The Hall–Kier alpha value is -4.32. The molecule has 5 rings (SSSR count). The van der Waals surface area contributed by atoms with Gasteiger partial charge in [-0.05, 0) is 72.0 Å². The predicted octanol–water partition coefficient (Wildman–Crippen LogP) is 4.41. The van der Waals surface area contributed by atoms with Gasteiger partial charge in [0.25, 0.3) is 10.0 Å². The molecule has 4 aromatic rings. The fourth-order valence-electron chi connectivity index (χ4n) is 4.57. The molecule has 2 unspecified atom stereocenters. The van der Waals surface area contributed by atoms with E-state index >= 15 is 0 Å². The Balaban J connectivity index is 1.20. The molecule has 2 atom stereocenters. The summed E-state index contributed by atoms with van der Waals surface area (Å²) >= 11 is 0. The summed E-state index contributed by atoms with van der Waals surface area (Å²) in [5.74, 6) is 0.0792. The number of ether oxygens (including phenoxy) is 1. The monoisotopic (exact) mass is 576 g/mol. The van der Waals surface area contributed by atoms with Gasteiger partial charge < -0.3 is 20.5 Å². The van der Waals surface area contributed by atoms with Crippen LogP contribution in [0, 0.1) is 5.82 Å². The van der Waals surface area contributed by atoms with Gasteiger partial charge in [-0.1, -0.05) is 36.4 Å². The van der Waals surface area contributed by atoms with E-state index < -0.39 is 28.0 Å². The lowest BCUT2D eigenvalue weighted by molar-refractivity contribution is 0.146. The first kappa shape index (κ1) is 28.2. The number of aliphatic hydroxyl groups excluding tert-OH is 1. The van der Waals surface area contributed by atoms with Gasteiger partial charge in [0.1, 0.15) is 17.7 Å². The van der Waals surface area contributed by atoms with E-state index in [4.69, 9.17) is 4.74 Å². The number of carbonyl (C=O) groups excluding carboxylic acids is 1. The zero-order valence-corrected chi connectivity index (χ0v) is 22.8. The molecule has 0 spiro atoms. The van der Waals surface area contributed by atoms with Crippen molar-refractivity contribution in [3.8, 4) is 16.9 Å². The van der Waals surface area contributed by atoms with Crippen LogP contribution in [0.25, 0.3) is 11.1 Å². The summed E-state index contributed by atoms with van der Waals surface area (Å²) in [6, 6.07) is 19.9. The van der Waals surface area contributed by atoms with Crippen LogP contribution in [-0.2, 0) is 16.4 Å². The van der Waals surface area contributed by atoms with Crippen LogP contribution in [0.3, 0.4) is 0 Å². The highest BCUT2D eigenvalue weighted by Crippen LogP contribution is 2.32. The summed E-state index contributed by atoms with van der Waals surface area (Å²) < 4.78 is 47.6. The Morgan fingerprint density at radius 3 is 2.68 bits per heavy atom. The van der Waals surface area contributed by atoms with E-state index in [1.165, 1.54) is 30.3 Å². The number of aryl methyl sites for hydroxylation is 1. The molecular weight excluding hydrogens is 547 g/mol. The summed E-state index contributed by atoms with van der Waals surface area (Å²) in [5, 5.41) is 15.8. The van der Waals surface area contributed by atoms with Crippen molar-refractivity contribution in [3.05, 3.63) is 108 Å². The number of nitrogens with zero attached hydrogens (tertiary/aromatic N) is 1. The molecule has 1 aliphatic heterocycles. The number of nitrogens with one attached hydrogen (secondary N) is 3. The number of para-hydroxylation sites is 1. The SMILES string of the molecule is O=C(Nc1ccccc1F)NS(=O)(=O)c1cccc(-c2ccc3c(c2)CCC(CNCC(O)c2cccnc2)O3)c1. The Bertz CT molecular complexity index is 1640. The van der Waals surface area contributed by atoms with Crippen molar-refractivity contribution >= 4 is 21.7 Å². The molecule has 0 aliphatic carbocycles. The highest BCUT2D eigenvalue weighted by atomic mass is 32.2. The van der Waals surface area contributed by atoms with Crippen LogP contribution >= 0.6 is 0 Å². The number of anilines is 1. The minimum atomic E-state index is -4.22. The highest BCUT2D eigenvalue weighted by Gasteiger charge is 2.22. The van der Waals surface area contributed by atoms with Gasteiger partial charge in [0.2, 0.25) is 0 Å². The van der Waals surface area contributed by atoms with Crippen molar-refractivity contribution in [3.63, 3.8) is 0 Å². The summed E-state index contributed by atoms with van der Waals surface area (Å²) in [6.07, 6.45) is 4.15. The Labute approximate surface area is 237 Å². The molecular formula is C30H29FN4O5S. The summed E-state index contributed by atoms with van der Waals surface area (Å²) in [7, 11) is -4.22. The topological polar surface area (TPSA) is 130 Å². The van der Waals surface area contributed by atoms with Gasteiger partial charge in [-0.25, -0.2) is 22.3 Å². The Kier molecular flexibility index (Phi) is 8.58. The number of aliphatic hydroxyl groups is 1. The average molecular weight is 577 g/mol. The molecule has 2 heterocycles. The fraction of sp³-hybridized carbons (Fsp3) is 0.200. The number of sulfonamides is 1.